The Morgan fingerprint density at radius 1 is 0.931 bits per heavy atom. The van der Waals surface area contributed by atoms with E-state index in [-0.39, 0.29) is 23.3 Å². The summed E-state index contributed by atoms with van der Waals surface area (Å²) in [5.74, 6) is 0.306. The maximum Gasteiger partial charge on any atom is 0.251 e. The molecule has 0 aliphatic heterocycles. The van der Waals surface area contributed by atoms with Gasteiger partial charge in [-0.2, -0.15) is 0 Å². The Morgan fingerprint density at radius 3 is 2.03 bits per heavy atom. The minimum Gasteiger partial charge on any atom is -0.494 e. The van der Waals surface area contributed by atoms with Crippen LogP contribution in [0.3, 0.4) is 0 Å². The quantitative estimate of drug-likeness (QED) is 0.730. The predicted octanol–water partition coefficient (Wildman–Crippen LogP) is 4.38. The van der Waals surface area contributed by atoms with Crippen LogP contribution in [0.15, 0.2) is 48.5 Å². The van der Waals surface area contributed by atoms with Crippen molar-refractivity contribution in [3.63, 3.8) is 0 Å². The summed E-state index contributed by atoms with van der Waals surface area (Å²) < 4.78 is 5.44. The number of ether oxygens (including phenoxy) is 1. The maximum absolute atomic E-state index is 12.5. The molecule has 0 aliphatic carbocycles. The monoisotopic (exact) mass is 396 g/mol. The largest absolute Gasteiger partial charge is 0.494 e. The summed E-state index contributed by atoms with van der Waals surface area (Å²) in [6.07, 6.45) is 0. The van der Waals surface area contributed by atoms with Crippen LogP contribution in [0.4, 0.5) is 0 Å². The molecular weight excluding hydrogens is 364 g/mol. The standard InChI is InChI=1S/C24H32N2O3/c1-7-29-21-14-10-18(11-15-21)16(2)25-22(27)17(3)26-23(28)19-8-12-20(13-9-19)24(4,5)6/h8-17H,7H2,1-6H3,(H,25,27)(H,26,28). The zero-order chi connectivity index (χ0) is 21.6. The van der Waals surface area contributed by atoms with E-state index in [2.05, 4.69) is 31.4 Å². The highest BCUT2D eigenvalue weighted by atomic mass is 16.5. The Labute approximate surface area is 173 Å². The van der Waals surface area contributed by atoms with Gasteiger partial charge in [-0.1, -0.05) is 45.0 Å². The highest BCUT2D eigenvalue weighted by molar-refractivity contribution is 5.97. The van der Waals surface area contributed by atoms with Gasteiger partial charge in [0.1, 0.15) is 11.8 Å². The summed E-state index contributed by atoms with van der Waals surface area (Å²) in [6, 6.07) is 14.3. The lowest BCUT2D eigenvalue weighted by atomic mass is 9.86. The van der Waals surface area contributed by atoms with E-state index in [4.69, 9.17) is 4.74 Å². The van der Waals surface area contributed by atoms with Crippen molar-refractivity contribution in [2.45, 2.75) is 59.0 Å². The van der Waals surface area contributed by atoms with Gasteiger partial charge in [0.05, 0.1) is 12.6 Å². The molecule has 0 spiro atoms. The van der Waals surface area contributed by atoms with Gasteiger partial charge < -0.3 is 15.4 Å². The van der Waals surface area contributed by atoms with Crippen LogP contribution in [0.25, 0.3) is 0 Å². The topological polar surface area (TPSA) is 67.4 Å². The van der Waals surface area contributed by atoms with Gasteiger partial charge >= 0.3 is 0 Å². The Balaban J connectivity index is 1.93. The fourth-order valence-electron chi connectivity index (χ4n) is 2.91. The Hall–Kier alpha value is -2.82. The van der Waals surface area contributed by atoms with Gasteiger partial charge in [-0.25, -0.2) is 0 Å². The molecule has 0 fully saturated rings. The summed E-state index contributed by atoms with van der Waals surface area (Å²) in [5.41, 5.74) is 2.69. The molecule has 0 saturated carbocycles. The Kier molecular flexibility index (Phi) is 7.43. The van der Waals surface area contributed by atoms with Crippen LogP contribution in [0.2, 0.25) is 0 Å². The molecule has 0 aromatic heterocycles. The smallest absolute Gasteiger partial charge is 0.251 e. The van der Waals surface area contributed by atoms with Crippen LogP contribution in [-0.2, 0) is 10.2 Å². The molecule has 0 saturated heterocycles. The van der Waals surface area contributed by atoms with Crippen LogP contribution in [0.1, 0.15) is 69.1 Å². The van der Waals surface area contributed by atoms with Crippen molar-refractivity contribution < 1.29 is 14.3 Å². The third-order valence-electron chi connectivity index (χ3n) is 4.80. The number of hydrogen-bond acceptors (Lipinski definition) is 3. The second-order valence-electron chi connectivity index (χ2n) is 8.25. The van der Waals surface area contributed by atoms with Crippen molar-refractivity contribution in [3.05, 3.63) is 65.2 Å². The van der Waals surface area contributed by atoms with Gasteiger partial charge in [-0.15, -0.1) is 0 Å². The average molecular weight is 397 g/mol. The van der Waals surface area contributed by atoms with Crippen LogP contribution in [0.5, 0.6) is 5.75 Å². The lowest BCUT2D eigenvalue weighted by Gasteiger charge is -2.20. The number of hydrogen-bond donors (Lipinski definition) is 2. The van der Waals surface area contributed by atoms with Crippen molar-refractivity contribution in [2.24, 2.45) is 0 Å². The number of amides is 2. The summed E-state index contributed by atoms with van der Waals surface area (Å²) in [4.78, 5) is 25.0. The number of benzene rings is 2. The summed E-state index contributed by atoms with van der Waals surface area (Å²) in [5, 5.41) is 5.70. The molecule has 0 aliphatic rings. The van der Waals surface area contributed by atoms with Crippen LogP contribution < -0.4 is 15.4 Å². The molecule has 156 valence electrons. The zero-order valence-corrected chi connectivity index (χ0v) is 18.2. The lowest BCUT2D eigenvalue weighted by Crippen LogP contribution is -2.45. The fraction of sp³-hybridized carbons (Fsp3) is 0.417. The molecule has 2 aromatic carbocycles. The second kappa shape index (κ2) is 9.59. The van der Waals surface area contributed by atoms with E-state index in [9.17, 15) is 9.59 Å². The summed E-state index contributed by atoms with van der Waals surface area (Å²) in [6.45, 7) is 12.5. The zero-order valence-electron chi connectivity index (χ0n) is 18.2. The lowest BCUT2D eigenvalue weighted by molar-refractivity contribution is -0.123. The molecule has 0 bridgehead atoms. The van der Waals surface area contributed by atoms with Gasteiger partial charge in [-0.3, -0.25) is 9.59 Å². The molecule has 0 heterocycles. The maximum atomic E-state index is 12.5. The number of carbonyl (C=O) groups excluding carboxylic acids is 2. The first-order chi connectivity index (χ1) is 13.6. The van der Waals surface area contributed by atoms with Gasteiger partial charge in [0.15, 0.2) is 0 Å². The summed E-state index contributed by atoms with van der Waals surface area (Å²) in [7, 11) is 0. The van der Waals surface area contributed by atoms with Gasteiger partial charge in [0.2, 0.25) is 5.91 Å². The molecule has 2 N–H and O–H groups in total. The molecule has 2 unspecified atom stereocenters. The van der Waals surface area contributed by atoms with Crippen molar-refractivity contribution in [1.29, 1.82) is 0 Å². The number of carbonyl (C=O) groups is 2. The molecular formula is C24H32N2O3. The second-order valence-corrected chi connectivity index (χ2v) is 8.25. The van der Waals surface area contributed by atoms with Crippen molar-refractivity contribution >= 4 is 11.8 Å². The van der Waals surface area contributed by atoms with Crippen LogP contribution >= 0.6 is 0 Å². The minimum atomic E-state index is -0.644. The molecule has 5 heteroatoms. The predicted molar refractivity (Wildman–Crippen MR) is 116 cm³/mol. The Bertz CT molecular complexity index is 821. The third kappa shape index (κ3) is 6.34. The van der Waals surface area contributed by atoms with Crippen molar-refractivity contribution in [1.82, 2.24) is 10.6 Å². The molecule has 2 rings (SSSR count). The molecule has 2 amide bonds. The highest BCUT2D eigenvalue weighted by Gasteiger charge is 2.20. The number of rotatable bonds is 7. The molecule has 0 radical (unpaired) electrons. The average Bonchev–Trinajstić information content (AvgIpc) is 2.68. The number of nitrogens with one attached hydrogen (secondary N) is 2. The Morgan fingerprint density at radius 2 is 1.52 bits per heavy atom. The van der Waals surface area contributed by atoms with Crippen LogP contribution in [-0.4, -0.2) is 24.5 Å². The van der Waals surface area contributed by atoms with E-state index in [0.29, 0.717) is 12.2 Å². The van der Waals surface area contributed by atoms with Gasteiger partial charge in [0, 0.05) is 5.56 Å². The normalized spacial score (nSPS) is 13.3. The summed E-state index contributed by atoms with van der Waals surface area (Å²) >= 11 is 0. The SMILES string of the molecule is CCOc1ccc(C(C)NC(=O)C(C)NC(=O)c2ccc(C(C)(C)C)cc2)cc1. The van der Waals surface area contributed by atoms with E-state index in [1.165, 1.54) is 0 Å². The third-order valence-corrected chi connectivity index (χ3v) is 4.80. The molecule has 29 heavy (non-hydrogen) atoms. The first-order valence-corrected chi connectivity index (χ1v) is 10.1. The van der Waals surface area contributed by atoms with Crippen molar-refractivity contribution in [2.75, 3.05) is 6.61 Å². The van der Waals surface area contributed by atoms with E-state index >= 15 is 0 Å². The minimum absolute atomic E-state index is 0.0270. The first-order valence-electron chi connectivity index (χ1n) is 10.1. The van der Waals surface area contributed by atoms with E-state index in [1.807, 2.05) is 50.2 Å². The molecule has 2 aromatic rings. The van der Waals surface area contributed by atoms with Gasteiger partial charge in [0.25, 0.3) is 5.91 Å². The van der Waals surface area contributed by atoms with Crippen molar-refractivity contribution in [3.8, 4) is 5.75 Å². The van der Waals surface area contributed by atoms with Gasteiger partial charge in [-0.05, 0) is 61.6 Å². The molecule has 5 nitrogen and oxygen atoms in total. The highest BCUT2D eigenvalue weighted by Crippen LogP contribution is 2.22. The van der Waals surface area contributed by atoms with E-state index in [0.717, 1.165) is 16.9 Å². The molecule has 2 atom stereocenters. The van der Waals surface area contributed by atoms with E-state index in [1.54, 1.807) is 19.1 Å². The van der Waals surface area contributed by atoms with Crippen LogP contribution in [0, 0.1) is 0 Å². The first kappa shape index (κ1) is 22.5. The van der Waals surface area contributed by atoms with E-state index < -0.39 is 6.04 Å². The fourth-order valence-corrected chi connectivity index (χ4v) is 2.91.